The standard InChI is InChI=1S/C19H21NO/c1-12-9-14(21)10-16-17(12)20(4)19(3)15-8-6-5-7-13(15)11-18(16,19)2/h5-10,21H,11H2,1-4H3/t18-,19-/m1/s1. The van der Waals surface area contributed by atoms with Crippen LogP contribution in [-0.2, 0) is 17.4 Å². The number of aromatic hydroxyl groups is 1. The number of fused-ring (bicyclic) bond motifs is 5. The monoisotopic (exact) mass is 279 g/mol. The van der Waals surface area contributed by atoms with E-state index in [1.54, 1.807) is 0 Å². The van der Waals surface area contributed by atoms with Crippen molar-refractivity contribution >= 4 is 5.69 Å². The molecule has 0 saturated heterocycles. The molecule has 0 amide bonds. The summed E-state index contributed by atoms with van der Waals surface area (Å²) < 4.78 is 0. The van der Waals surface area contributed by atoms with Crippen molar-refractivity contribution in [1.29, 1.82) is 0 Å². The van der Waals surface area contributed by atoms with Crippen molar-refractivity contribution < 1.29 is 5.11 Å². The van der Waals surface area contributed by atoms with E-state index in [1.807, 2.05) is 12.1 Å². The third-order valence-electron chi connectivity index (χ3n) is 6.05. The van der Waals surface area contributed by atoms with E-state index in [-0.39, 0.29) is 11.0 Å². The molecule has 108 valence electrons. The minimum atomic E-state index is -0.0511. The second-order valence-corrected chi connectivity index (χ2v) is 6.96. The van der Waals surface area contributed by atoms with E-state index in [0.29, 0.717) is 5.75 Å². The molecule has 0 fully saturated rings. The Labute approximate surface area is 126 Å². The highest BCUT2D eigenvalue weighted by Crippen LogP contribution is 2.63. The second-order valence-electron chi connectivity index (χ2n) is 6.96. The van der Waals surface area contributed by atoms with Gasteiger partial charge in [-0.1, -0.05) is 31.2 Å². The Morgan fingerprint density at radius 3 is 2.57 bits per heavy atom. The van der Waals surface area contributed by atoms with Gasteiger partial charge in [0.2, 0.25) is 0 Å². The second kappa shape index (κ2) is 3.62. The van der Waals surface area contributed by atoms with Crippen LogP contribution >= 0.6 is 0 Å². The minimum absolute atomic E-state index is 0.00424. The van der Waals surface area contributed by atoms with Crippen molar-refractivity contribution in [2.75, 3.05) is 11.9 Å². The van der Waals surface area contributed by atoms with Crippen molar-refractivity contribution in [2.45, 2.75) is 38.1 Å². The molecule has 4 rings (SSSR count). The van der Waals surface area contributed by atoms with Gasteiger partial charge in [0.05, 0.1) is 5.54 Å². The molecule has 1 aliphatic carbocycles. The van der Waals surface area contributed by atoms with E-state index in [2.05, 4.69) is 57.0 Å². The summed E-state index contributed by atoms with van der Waals surface area (Å²) in [5.74, 6) is 0.376. The van der Waals surface area contributed by atoms with Crippen LogP contribution in [-0.4, -0.2) is 12.2 Å². The zero-order valence-corrected chi connectivity index (χ0v) is 13.1. The van der Waals surface area contributed by atoms with Gasteiger partial charge in [0, 0.05) is 18.2 Å². The number of rotatable bonds is 0. The largest absolute Gasteiger partial charge is 0.508 e. The van der Waals surface area contributed by atoms with E-state index >= 15 is 0 Å². The molecule has 1 heterocycles. The molecule has 2 aromatic carbocycles. The number of likely N-dealkylation sites (N-methyl/N-ethyl adjacent to an activating group) is 1. The van der Waals surface area contributed by atoms with Gasteiger partial charge in [0.25, 0.3) is 0 Å². The first kappa shape index (κ1) is 12.8. The zero-order chi connectivity index (χ0) is 15.0. The van der Waals surface area contributed by atoms with Crippen molar-refractivity contribution in [2.24, 2.45) is 0 Å². The maximum atomic E-state index is 10.1. The molecule has 0 radical (unpaired) electrons. The van der Waals surface area contributed by atoms with E-state index in [0.717, 1.165) is 12.0 Å². The predicted molar refractivity (Wildman–Crippen MR) is 86.1 cm³/mol. The van der Waals surface area contributed by atoms with Gasteiger partial charge in [-0.25, -0.2) is 0 Å². The Bertz CT molecular complexity index is 766. The first-order chi connectivity index (χ1) is 9.89. The summed E-state index contributed by atoms with van der Waals surface area (Å²) in [6.07, 6.45) is 1.03. The topological polar surface area (TPSA) is 23.5 Å². The molecule has 0 unspecified atom stereocenters. The van der Waals surface area contributed by atoms with Crippen LogP contribution in [0.2, 0.25) is 0 Å². The Balaban J connectivity index is 2.07. The van der Waals surface area contributed by atoms with Crippen LogP contribution in [0.15, 0.2) is 36.4 Å². The molecule has 2 nitrogen and oxygen atoms in total. The van der Waals surface area contributed by atoms with Crippen LogP contribution in [0.25, 0.3) is 0 Å². The Hall–Kier alpha value is -1.96. The molecule has 2 aromatic rings. The smallest absolute Gasteiger partial charge is 0.116 e. The van der Waals surface area contributed by atoms with Crippen molar-refractivity contribution in [3.8, 4) is 5.75 Å². The third-order valence-corrected chi connectivity index (χ3v) is 6.05. The highest BCUT2D eigenvalue weighted by Gasteiger charge is 2.60. The Morgan fingerprint density at radius 2 is 1.81 bits per heavy atom. The lowest BCUT2D eigenvalue weighted by Gasteiger charge is -2.41. The Kier molecular flexibility index (Phi) is 2.20. The fraction of sp³-hybridized carbons (Fsp3) is 0.368. The summed E-state index contributed by atoms with van der Waals surface area (Å²) in [7, 11) is 2.19. The van der Waals surface area contributed by atoms with Gasteiger partial charge in [-0.15, -0.1) is 0 Å². The highest BCUT2D eigenvalue weighted by atomic mass is 16.3. The van der Waals surface area contributed by atoms with Gasteiger partial charge in [-0.3, -0.25) is 0 Å². The molecule has 0 saturated carbocycles. The van der Waals surface area contributed by atoms with E-state index in [1.165, 1.54) is 22.4 Å². The number of benzene rings is 2. The highest BCUT2D eigenvalue weighted by molar-refractivity contribution is 5.75. The fourth-order valence-corrected chi connectivity index (χ4v) is 4.76. The van der Waals surface area contributed by atoms with Crippen LogP contribution in [0.1, 0.15) is 36.1 Å². The summed E-state index contributed by atoms with van der Waals surface area (Å²) >= 11 is 0. The van der Waals surface area contributed by atoms with E-state index in [9.17, 15) is 5.11 Å². The van der Waals surface area contributed by atoms with Crippen molar-refractivity contribution in [3.63, 3.8) is 0 Å². The van der Waals surface area contributed by atoms with Crippen molar-refractivity contribution in [1.82, 2.24) is 0 Å². The lowest BCUT2D eigenvalue weighted by molar-refractivity contribution is 0.305. The molecule has 1 aliphatic heterocycles. The summed E-state index contributed by atoms with van der Waals surface area (Å²) in [5, 5.41) is 10.1. The van der Waals surface area contributed by atoms with Gasteiger partial charge in [-0.2, -0.15) is 0 Å². The number of aryl methyl sites for hydroxylation is 1. The summed E-state index contributed by atoms with van der Waals surface area (Å²) in [4.78, 5) is 2.42. The maximum absolute atomic E-state index is 10.1. The fourth-order valence-electron chi connectivity index (χ4n) is 4.76. The lowest BCUT2D eigenvalue weighted by atomic mass is 9.70. The van der Waals surface area contributed by atoms with Crippen LogP contribution in [0.5, 0.6) is 5.75 Å². The van der Waals surface area contributed by atoms with E-state index in [4.69, 9.17) is 0 Å². The van der Waals surface area contributed by atoms with E-state index < -0.39 is 0 Å². The van der Waals surface area contributed by atoms with Crippen LogP contribution < -0.4 is 4.90 Å². The average Bonchev–Trinajstić information content (AvgIpc) is 2.76. The normalized spacial score (nSPS) is 29.2. The van der Waals surface area contributed by atoms with Gasteiger partial charge < -0.3 is 10.0 Å². The lowest BCUT2D eigenvalue weighted by Crippen LogP contribution is -2.47. The molecule has 2 aliphatic rings. The zero-order valence-electron chi connectivity index (χ0n) is 13.1. The molecule has 0 bridgehead atoms. The molecule has 2 heteroatoms. The van der Waals surface area contributed by atoms with Crippen LogP contribution in [0.3, 0.4) is 0 Å². The van der Waals surface area contributed by atoms with Crippen LogP contribution in [0, 0.1) is 6.92 Å². The molecule has 0 spiro atoms. The van der Waals surface area contributed by atoms with Crippen LogP contribution in [0.4, 0.5) is 5.69 Å². The molecule has 0 aromatic heterocycles. The number of phenolic OH excluding ortho intramolecular Hbond substituents is 1. The minimum Gasteiger partial charge on any atom is -0.508 e. The summed E-state index contributed by atoms with van der Waals surface area (Å²) in [6, 6.07) is 12.6. The van der Waals surface area contributed by atoms with Gasteiger partial charge in [0.15, 0.2) is 0 Å². The molecule has 21 heavy (non-hydrogen) atoms. The molecular formula is C19H21NO. The number of phenols is 1. The number of hydrogen-bond acceptors (Lipinski definition) is 2. The van der Waals surface area contributed by atoms with Gasteiger partial charge in [-0.05, 0) is 54.7 Å². The quantitative estimate of drug-likeness (QED) is 0.791. The SMILES string of the molecule is Cc1cc(O)cc2c1N(C)[C@]1(C)c3ccccc3C[C@]21C. The number of nitrogens with zero attached hydrogens (tertiary/aromatic N) is 1. The summed E-state index contributed by atoms with van der Waals surface area (Å²) in [6.45, 7) is 6.78. The van der Waals surface area contributed by atoms with Gasteiger partial charge in [0.1, 0.15) is 5.75 Å². The molecule has 2 atom stereocenters. The Morgan fingerprint density at radius 1 is 1.10 bits per heavy atom. The number of anilines is 1. The molecule has 1 N–H and O–H groups in total. The van der Waals surface area contributed by atoms with Gasteiger partial charge >= 0.3 is 0 Å². The third kappa shape index (κ3) is 1.25. The summed E-state index contributed by atoms with van der Waals surface area (Å²) in [5.41, 5.74) is 6.52. The first-order valence-electron chi connectivity index (χ1n) is 7.56. The first-order valence-corrected chi connectivity index (χ1v) is 7.56. The molecular weight excluding hydrogens is 258 g/mol. The predicted octanol–water partition coefficient (Wildman–Crippen LogP) is 3.88. The maximum Gasteiger partial charge on any atom is 0.116 e. The average molecular weight is 279 g/mol. The van der Waals surface area contributed by atoms with Crippen molar-refractivity contribution in [3.05, 3.63) is 58.7 Å². The number of hydrogen-bond donors (Lipinski definition) is 1.